The molecule has 0 bridgehead atoms. The summed E-state index contributed by atoms with van der Waals surface area (Å²) in [5, 5.41) is 0. The molecule has 2 aromatic rings. The molecule has 2 aromatic carbocycles. The zero-order valence-electron chi connectivity index (χ0n) is 15.2. The van der Waals surface area contributed by atoms with Gasteiger partial charge >= 0.3 is 0 Å². The van der Waals surface area contributed by atoms with Crippen LogP contribution in [0.25, 0.3) is 0 Å². The number of benzene rings is 2. The highest BCUT2D eigenvalue weighted by Crippen LogP contribution is 2.21. The van der Waals surface area contributed by atoms with Crippen LogP contribution in [0.5, 0.6) is 0 Å². The predicted octanol–water partition coefficient (Wildman–Crippen LogP) is 0.932. The fraction of sp³-hybridized carbons (Fsp3) is 0.263. The number of carbonyl (C=O) groups is 2. The molecule has 3 rings (SSSR count). The number of rotatable bonds is 7. The molecule has 0 aliphatic carbocycles. The standard InChI is InChI=1S/C19H22N4O4S/c20-18(24)17(14-6-2-1-3-7-14)21-22-19(25)15-8-10-16(11-9-15)28(26,27)23-12-4-5-13-23/h1-3,6-11,17,21H,4-5,12-13H2,(H2,20,24)(H,22,25)/t17-/m1/s1. The third-order valence-corrected chi connectivity index (χ3v) is 6.48. The van der Waals surface area contributed by atoms with Crippen LogP contribution in [0.15, 0.2) is 59.5 Å². The van der Waals surface area contributed by atoms with Gasteiger partial charge in [-0.2, -0.15) is 4.31 Å². The molecule has 1 heterocycles. The Morgan fingerprint density at radius 2 is 1.57 bits per heavy atom. The van der Waals surface area contributed by atoms with Gasteiger partial charge in [-0.25, -0.2) is 13.8 Å². The maximum absolute atomic E-state index is 12.5. The van der Waals surface area contributed by atoms with E-state index in [9.17, 15) is 18.0 Å². The van der Waals surface area contributed by atoms with E-state index in [1.54, 1.807) is 30.3 Å². The number of nitrogens with two attached hydrogens (primary N) is 1. The fourth-order valence-corrected chi connectivity index (χ4v) is 4.55. The summed E-state index contributed by atoms with van der Waals surface area (Å²) in [5.74, 6) is -1.15. The second kappa shape index (κ2) is 8.51. The Morgan fingerprint density at radius 3 is 2.14 bits per heavy atom. The number of nitrogens with zero attached hydrogens (tertiary/aromatic N) is 1. The summed E-state index contributed by atoms with van der Waals surface area (Å²) in [7, 11) is -3.53. The molecule has 2 amide bonds. The maximum atomic E-state index is 12.5. The molecule has 8 nitrogen and oxygen atoms in total. The van der Waals surface area contributed by atoms with E-state index in [-0.39, 0.29) is 10.5 Å². The molecular weight excluding hydrogens is 380 g/mol. The van der Waals surface area contributed by atoms with Crippen LogP contribution in [0.3, 0.4) is 0 Å². The first-order valence-corrected chi connectivity index (χ1v) is 10.3. The molecule has 0 aromatic heterocycles. The van der Waals surface area contributed by atoms with Crippen LogP contribution in [0.1, 0.15) is 34.8 Å². The molecule has 0 saturated carbocycles. The lowest BCUT2D eigenvalue weighted by molar-refractivity contribution is -0.120. The van der Waals surface area contributed by atoms with E-state index in [1.807, 2.05) is 0 Å². The summed E-state index contributed by atoms with van der Waals surface area (Å²) >= 11 is 0. The Labute approximate surface area is 163 Å². The summed E-state index contributed by atoms with van der Waals surface area (Å²) in [5.41, 5.74) is 11.3. The molecule has 1 aliphatic heterocycles. The van der Waals surface area contributed by atoms with Gasteiger partial charge in [0.25, 0.3) is 5.91 Å². The summed E-state index contributed by atoms with van der Waals surface area (Å²) in [4.78, 5) is 24.2. The monoisotopic (exact) mass is 402 g/mol. The van der Waals surface area contributed by atoms with Crippen molar-refractivity contribution >= 4 is 21.8 Å². The highest BCUT2D eigenvalue weighted by Gasteiger charge is 2.27. The third-order valence-electron chi connectivity index (χ3n) is 4.57. The largest absolute Gasteiger partial charge is 0.368 e. The van der Waals surface area contributed by atoms with Crippen LogP contribution in [-0.2, 0) is 14.8 Å². The van der Waals surface area contributed by atoms with Crippen LogP contribution >= 0.6 is 0 Å². The van der Waals surface area contributed by atoms with Crippen LogP contribution in [0, 0.1) is 0 Å². The summed E-state index contributed by atoms with van der Waals surface area (Å²) in [6, 6.07) is 13.5. The normalized spacial score (nSPS) is 15.9. The lowest BCUT2D eigenvalue weighted by Gasteiger charge is -2.17. The van der Waals surface area contributed by atoms with Crippen molar-refractivity contribution in [1.29, 1.82) is 0 Å². The highest BCUT2D eigenvalue weighted by atomic mass is 32.2. The Morgan fingerprint density at radius 1 is 0.964 bits per heavy atom. The smallest absolute Gasteiger partial charge is 0.265 e. The van der Waals surface area contributed by atoms with Gasteiger partial charge in [0.1, 0.15) is 6.04 Å². The topological polar surface area (TPSA) is 122 Å². The van der Waals surface area contributed by atoms with Crippen LogP contribution in [0.2, 0.25) is 0 Å². The number of sulfonamides is 1. The summed E-state index contributed by atoms with van der Waals surface area (Å²) in [6.07, 6.45) is 1.71. The Bertz CT molecular complexity index is 940. The van der Waals surface area contributed by atoms with Crippen molar-refractivity contribution in [2.45, 2.75) is 23.8 Å². The van der Waals surface area contributed by atoms with Gasteiger partial charge in [-0.3, -0.25) is 15.0 Å². The first-order chi connectivity index (χ1) is 13.4. The van der Waals surface area contributed by atoms with Gasteiger partial charge in [0, 0.05) is 18.7 Å². The fourth-order valence-electron chi connectivity index (χ4n) is 3.03. The number of primary amides is 1. The van der Waals surface area contributed by atoms with Crippen molar-refractivity contribution in [3.8, 4) is 0 Å². The van der Waals surface area contributed by atoms with Crippen LogP contribution < -0.4 is 16.6 Å². The summed E-state index contributed by atoms with van der Waals surface area (Å²) < 4.78 is 26.5. The van der Waals surface area contributed by atoms with Gasteiger partial charge in [0.05, 0.1) is 4.90 Å². The minimum atomic E-state index is -3.53. The maximum Gasteiger partial charge on any atom is 0.265 e. The van der Waals surface area contributed by atoms with E-state index < -0.39 is 27.9 Å². The number of amides is 2. The molecule has 1 atom stereocenters. The lowest BCUT2D eigenvalue weighted by atomic mass is 10.1. The second-order valence-corrected chi connectivity index (χ2v) is 8.42. The first kappa shape index (κ1) is 20.0. The predicted molar refractivity (Wildman–Crippen MR) is 103 cm³/mol. The number of hydrogen-bond donors (Lipinski definition) is 3. The summed E-state index contributed by atoms with van der Waals surface area (Å²) in [6.45, 7) is 1.03. The molecule has 0 radical (unpaired) electrons. The Hall–Kier alpha value is -2.75. The first-order valence-electron chi connectivity index (χ1n) is 8.90. The van der Waals surface area contributed by atoms with E-state index in [1.165, 1.54) is 28.6 Å². The van der Waals surface area contributed by atoms with E-state index >= 15 is 0 Å². The van der Waals surface area contributed by atoms with Gasteiger partial charge < -0.3 is 5.73 Å². The SMILES string of the molecule is NC(=O)[C@H](NNC(=O)c1ccc(S(=O)(=O)N2CCCC2)cc1)c1ccccc1. The average molecular weight is 402 g/mol. The van der Waals surface area contributed by atoms with Gasteiger partial charge in [0.2, 0.25) is 15.9 Å². The van der Waals surface area contributed by atoms with E-state index in [0.29, 0.717) is 18.7 Å². The number of hydrogen-bond acceptors (Lipinski definition) is 5. The van der Waals surface area contributed by atoms with E-state index in [4.69, 9.17) is 5.73 Å². The van der Waals surface area contributed by atoms with Gasteiger partial charge in [-0.05, 0) is 42.7 Å². The number of nitrogens with one attached hydrogen (secondary N) is 2. The minimum Gasteiger partial charge on any atom is -0.368 e. The zero-order valence-corrected chi connectivity index (χ0v) is 16.0. The Balaban J connectivity index is 1.67. The van der Waals surface area contributed by atoms with Gasteiger partial charge in [-0.1, -0.05) is 30.3 Å². The van der Waals surface area contributed by atoms with E-state index in [0.717, 1.165) is 12.8 Å². The molecule has 1 fully saturated rings. The molecule has 0 spiro atoms. The third kappa shape index (κ3) is 4.38. The Kier molecular flexibility index (Phi) is 6.08. The number of hydrazine groups is 1. The molecule has 0 unspecified atom stereocenters. The van der Waals surface area contributed by atoms with Crippen molar-refractivity contribution in [1.82, 2.24) is 15.2 Å². The molecule has 1 aliphatic rings. The van der Waals surface area contributed by atoms with Crippen molar-refractivity contribution < 1.29 is 18.0 Å². The molecule has 9 heteroatoms. The van der Waals surface area contributed by atoms with Gasteiger partial charge in [0.15, 0.2) is 0 Å². The second-order valence-electron chi connectivity index (χ2n) is 6.48. The van der Waals surface area contributed by atoms with Crippen LogP contribution in [0.4, 0.5) is 0 Å². The molecule has 1 saturated heterocycles. The molecular formula is C19H22N4O4S. The molecule has 148 valence electrons. The van der Waals surface area contributed by atoms with Crippen molar-refractivity contribution in [3.63, 3.8) is 0 Å². The van der Waals surface area contributed by atoms with Crippen molar-refractivity contribution in [2.24, 2.45) is 5.73 Å². The van der Waals surface area contributed by atoms with E-state index in [2.05, 4.69) is 10.9 Å². The van der Waals surface area contributed by atoms with Crippen LogP contribution in [-0.4, -0.2) is 37.6 Å². The van der Waals surface area contributed by atoms with Crippen molar-refractivity contribution in [3.05, 3.63) is 65.7 Å². The number of carbonyl (C=O) groups excluding carboxylic acids is 2. The zero-order chi connectivity index (χ0) is 20.1. The lowest BCUT2D eigenvalue weighted by Crippen LogP contribution is -2.45. The highest BCUT2D eigenvalue weighted by molar-refractivity contribution is 7.89. The van der Waals surface area contributed by atoms with Gasteiger partial charge in [-0.15, -0.1) is 0 Å². The molecule has 4 N–H and O–H groups in total. The minimum absolute atomic E-state index is 0.151. The quantitative estimate of drug-likeness (QED) is 0.595. The molecule has 28 heavy (non-hydrogen) atoms. The van der Waals surface area contributed by atoms with Crippen molar-refractivity contribution in [2.75, 3.05) is 13.1 Å². The average Bonchev–Trinajstić information content (AvgIpc) is 3.24.